The van der Waals surface area contributed by atoms with Crippen LogP contribution in [0.4, 0.5) is 0 Å². The van der Waals surface area contributed by atoms with E-state index in [-0.39, 0.29) is 11.9 Å². The van der Waals surface area contributed by atoms with E-state index in [0.29, 0.717) is 11.3 Å². The summed E-state index contributed by atoms with van der Waals surface area (Å²) in [4.78, 5) is 25.5. The van der Waals surface area contributed by atoms with Crippen LogP contribution in [0.5, 0.6) is 0 Å². The Labute approximate surface area is 129 Å². The zero-order valence-corrected chi connectivity index (χ0v) is 13.2. The molecular formula is C16H21NO3S. The summed E-state index contributed by atoms with van der Waals surface area (Å²) in [6.07, 6.45) is 3.48. The van der Waals surface area contributed by atoms with Gasteiger partial charge in [-0.25, -0.2) is 4.79 Å². The number of likely N-dealkylation sites (tertiary alicyclic amines) is 1. The van der Waals surface area contributed by atoms with Crippen LogP contribution in [0.15, 0.2) is 24.3 Å². The smallest absolute Gasteiger partial charge is 0.337 e. The first-order chi connectivity index (χ1) is 10.2. The van der Waals surface area contributed by atoms with Gasteiger partial charge < -0.3 is 9.64 Å². The molecular weight excluding hydrogens is 286 g/mol. The Hall–Kier alpha value is -1.49. The van der Waals surface area contributed by atoms with Gasteiger partial charge in [-0.05, 0) is 37.0 Å². The molecule has 21 heavy (non-hydrogen) atoms. The number of thioether (sulfide) groups is 1. The van der Waals surface area contributed by atoms with E-state index in [2.05, 4.69) is 0 Å². The van der Waals surface area contributed by atoms with Crippen molar-refractivity contribution in [2.24, 2.45) is 0 Å². The topological polar surface area (TPSA) is 46.6 Å². The van der Waals surface area contributed by atoms with Crippen molar-refractivity contribution in [3.8, 4) is 0 Å². The summed E-state index contributed by atoms with van der Waals surface area (Å²) in [5, 5.41) is 0. The van der Waals surface area contributed by atoms with Crippen LogP contribution in [0.2, 0.25) is 0 Å². The van der Waals surface area contributed by atoms with Crippen LogP contribution in [0.1, 0.15) is 35.2 Å². The molecule has 1 aromatic rings. The summed E-state index contributed by atoms with van der Waals surface area (Å²) in [7, 11) is 1.38. The molecule has 0 bridgehead atoms. The van der Waals surface area contributed by atoms with Gasteiger partial charge in [0.1, 0.15) is 0 Å². The van der Waals surface area contributed by atoms with Crippen LogP contribution >= 0.6 is 11.8 Å². The Balaban J connectivity index is 1.80. The van der Waals surface area contributed by atoms with E-state index in [1.54, 1.807) is 17.8 Å². The Morgan fingerprint density at radius 3 is 2.71 bits per heavy atom. The van der Waals surface area contributed by atoms with Crippen LogP contribution in [0, 0.1) is 0 Å². The zero-order valence-electron chi connectivity index (χ0n) is 12.3. The molecule has 2 rings (SSSR count). The van der Waals surface area contributed by atoms with Crippen molar-refractivity contribution in [3.63, 3.8) is 0 Å². The zero-order chi connectivity index (χ0) is 15.1. The fraction of sp³-hybridized carbons (Fsp3) is 0.500. The lowest BCUT2D eigenvalue weighted by Crippen LogP contribution is -2.36. The predicted octanol–water partition coefficient (Wildman–Crippen LogP) is 2.72. The summed E-state index contributed by atoms with van der Waals surface area (Å²) in [6.45, 7) is 1.80. The molecule has 0 unspecified atom stereocenters. The SMILES string of the molecule is COC(=O)c1cccc(CSCC(=O)N2CCCCC2)c1. The normalized spacial score (nSPS) is 14.8. The molecule has 1 aliphatic rings. The fourth-order valence-corrected chi connectivity index (χ4v) is 3.27. The van der Waals surface area contributed by atoms with E-state index in [1.807, 2.05) is 23.1 Å². The number of benzene rings is 1. The number of nitrogens with zero attached hydrogens (tertiary/aromatic N) is 1. The number of hydrogen-bond acceptors (Lipinski definition) is 4. The molecule has 0 N–H and O–H groups in total. The molecule has 0 spiro atoms. The third-order valence-electron chi connectivity index (χ3n) is 3.55. The maximum atomic E-state index is 12.0. The van der Waals surface area contributed by atoms with Gasteiger partial charge in [0.25, 0.3) is 0 Å². The molecule has 0 atom stereocenters. The van der Waals surface area contributed by atoms with Crippen molar-refractivity contribution < 1.29 is 14.3 Å². The molecule has 1 aliphatic heterocycles. The molecule has 1 saturated heterocycles. The van der Waals surface area contributed by atoms with Crippen LogP contribution in [0.25, 0.3) is 0 Å². The van der Waals surface area contributed by atoms with E-state index in [4.69, 9.17) is 4.74 Å². The van der Waals surface area contributed by atoms with E-state index >= 15 is 0 Å². The molecule has 0 aromatic heterocycles. The van der Waals surface area contributed by atoms with Gasteiger partial charge in [-0.2, -0.15) is 0 Å². The molecule has 114 valence electrons. The number of carbonyl (C=O) groups is 2. The molecule has 0 aliphatic carbocycles. The molecule has 1 fully saturated rings. The lowest BCUT2D eigenvalue weighted by molar-refractivity contribution is -0.129. The third kappa shape index (κ3) is 4.77. The highest BCUT2D eigenvalue weighted by atomic mass is 32.2. The highest BCUT2D eigenvalue weighted by molar-refractivity contribution is 7.99. The number of ether oxygens (including phenoxy) is 1. The predicted molar refractivity (Wildman–Crippen MR) is 84.4 cm³/mol. The summed E-state index contributed by atoms with van der Waals surface area (Å²) in [6, 6.07) is 7.36. The van der Waals surface area contributed by atoms with Crippen LogP contribution < -0.4 is 0 Å². The van der Waals surface area contributed by atoms with Gasteiger partial charge in [0, 0.05) is 18.8 Å². The van der Waals surface area contributed by atoms with Crippen molar-refractivity contribution in [1.29, 1.82) is 0 Å². The van der Waals surface area contributed by atoms with Gasteiger partial charge in [-0.15, -0.1) is 11.8 Å². The molecule has 1 heterocycles. The fourth-order valence-electron chi connectivity index (χ4n) is 2.40. The Kier molecular flexibility index (Phi) is 6.11. The summed E-state index contributed by atoms with van der Waals surface area (Å²) >= 11 is 1.59. The van der Waals surface area contributed by atoms with E-state index in [9.17, 15) is 9.59 Å². The number of amides is 1. The minimum atomic E-state index is -0.328. The summed E-state index contributed by atoms with van der Waals surface area (Å²) in [5.41, 5.74) is 1.59. The summed E-state index contributed by atoms with van der Waals surface area (Å²) in [5.74, 6) is 1.13. The second-order valence-electron chi connectivity index (χ2n) is 5.13. The molecule has 0 saturated carbocycles. The minimum absolute atomic E-state index is 0.226. The second-order valence-corrected chi connectivity index (χ2v) is 6.11. The second kappa shape index (κ2) is 8.08. The Morgan fingerprint density at radius 2 is 2.00 bits per heavy atom. The Morgan fingerprint density at radius 1 is 1.24 bits per heavy atom. The van der Waals surface area contributed by atoms with Crippen molar-refractivity contribution in [2.45, 2.75) is 25.0 Å². The number of esters is 1. The van der Waals surface area contributed by atoms with Gasteiger partial charge in [0.2, 0.25) is 5.91 Å². The van der Waals surface area contributed by atoms with Gasteiger partial charge in [0.05, 0.1) is 18.4 Å². The number of piperidine rings is 1. The summed E-state index contributed by atoms with van der Waals surface area (Å²) < 4.78 is 4.71. The number of rotatable bonds is 5. The van der Waals surface area contributed by atoms with Crippen molar-refractivity contribution in [3.05, 3.63) is 35.4 Å². The first kappa shape index (κ1) is 15.9. The van der Waals surface area contributed by atoms with Crippen molar-refractivity contribution >= 4 is 23.6 Å². The maximum absolute atomic E-state index is 12.0. The molecule has 4 nitrogen and oxygen atoms in total. The van der Waals surface area contributed by atoms with E-state index < -0.39 is 0 Å². The highest BCUT2D eigenvalue weighted by Gasteiger charge is 2.16. The van der Waals surface area contributed by atoms with Gasteiger partial charge in [0.15, 0.2) is 0 Å². The average Bonchev–Trinajstić information content (AvgIpc) is 2.55. The first-order valence-electron chi connectivity index (χ1n) is 7.23. The van der Waals surface area contributed by atoms with E-state index in [0.717, 1.165) is 37.2 Å². The van der Waals surface area contributed by atoms with Crippen LogP contribution in [0.3, 0.4) is 0 Å². The molecule has 1 amide bonds. The van der Waals surface area contributed by atoms with E-state index in [1.165, 1.54) is 13.5 Å². The first-order valence-corrected chi connectivity index (χ1v) is 8.39. The van der Waals surface area contributed by atoms with Gasteiger partial charge in [-0.3, -0.25) is 4.79 Å². The maximum Gasteiger partial charge on any atom is 0.337 e. The molecule has 5 heteroatoms. The van der Waals surface area contributed by atoms with Crippen molar-refractivity contribution in [2.75, 3.05) is 26.0 Å². The largest absolute Gasteiger partial charge is 0.465 e. The average molecular weight is 307 g/mol. The highest BCUT2D eigenvalue weighted by Crippen LogP contribution is 2.16. The standard InChI is InChI=1S/C16H21NO3S/c1-20-16(19)14-7-5-6-13(10-14)11-21-12-15(18)17-8-3-2-4-9-17/h5-7,10H,2-4,8-9,11-12H2,1H3. The van der Waals surface area contributed by atoms with Gasteiger partial charge in [-0.1, -0.05) is 12.1 Å². The monoisotopic (exact) mass is 307 g/mol. The quantitative estimate of drug-likeness (QED) is 0.785. The minimum Gasteiger partial charge on any atom is -0.465 e. The lowest BCUT2D eigenvalue weighted by Gasteiger charge is -2.26. The molecule has 1 aromatic carbocycles. The number of hydrogen-bond donors (Lipinski definition) is 0. The number of methoxy groups -OCH3 is 1. The lowest BCUT2D eigenvalue weighted by atomic mass is 10.1. The van der Waals surface area contributed by atoms with Crippen LogP contribution in [-0.2, 0) is 15.3 Å². The molecule has 0 radical (unpaired) electrons. The van der Waals surface area contributed by atoms with Crippen LogP contribution in [-0.4, -0.2) is 42.7 Å². The Bertz CT molecular complexity index is 498. The van der Waals surface area contributed by atoms with Gasteiger partial charge >= 0.3 is 5.97 Å². The number of carbonyl (C=O) groups excluding carboxylic acids is 2. The third-order valence-corrected chi connectivity index (χ3v) is 4.54. The van der Waals surface area contributed by atoms with Crippen molar-refractivity contribution in [1.82, 2.24) is 4.90 Å².